The first-order chi connectivity index (χ1) is 20.0. The molecule has 0 unspecified atom stereocenters. The van der Waals surface area contributed by atoms with Gasteiger partial charge >= 0.3 is 0 Å². The number of amides is 3. The Morgan fingerprint density at radius 2 is 1.81 bits per heavy atom. The molecule has 12 heteroatoms. The van der Waals surface area contributed by atoms with Crippen molar-refractivity contribution in [1.82, 2.24) is 25.1 Å². The number of nitrogens with one attached hydrogen (secondary N) is 2. The van der Waals surface area contributed by atoms with E-state index in [9.17, 15) is 14.4 Å². The lowest BCUT2D eigenvalue weighted by molar-refractivity contribution is -0.135. The Hall–Kier alpha value is -4.19. The monoisotopic (exact) mass is 582 g/mol. The fraction of sp³-hybridized carbons (Fsp3) is 0.500. The summed E-state index contributed by atoms with van der Waals surface area (Å²) in [7, 11) is 5.44. The quantitative estimate of drug-likeness (QED) is 0.189. The van der Waals surface area contributed by atoms with Crippen LogP contribution in [0.4, 0.5) is 17.3 Å². The van der Waals surface area contributed by atoms with Crippen molar-refractivity contribution in [3.05, 3.63) is 47.8 Å². The number of hydrogen-bond donors (Lipinski definition) is 3. The van der Waals surface area contributed by atoms with Crippen LogP contribution >= 0.6 is 0 Å². The van der Waals surface area contributed by atoms with E-state index in [-0.39, 0.29) is 23.3 Å². The first-order valence-corrected chi connectivity index (χ1v) is 14.3. The van der Waals surface area contributed by atoms with Crippen molar-refractivity contribution in [3.8, 4) is 5.75 Å². The number of benzene rings is 1. The molecule has 2 rings (SSSR count). The van der Waals surface area contributed by atoms with Crippen LogP contribution in [0.15, 0.2) is 36.4 Å². The molecule has 0 fully saturated rings. The van der Waals surface area contributed by atoms with Crippen molar-refractivity contribution in [2.24, 2.45) is 5.73 Å². The summed E-state index contributed by atoms with van der Waals surface area (Å²) in [6.45, 7) is 10.6. The molecule has 0 saturated carbocycles. The number of anilines is 3. The molecule has 0 aliphatic carbocycles. The lowest BCUT2D eigenvalue weighted by Crippen LogP contribution is -2.45. The van der Waals surface area contributed by atoms with Crippen molar-refractivity contribution in [1.29, 1.82) is 0 Å². The van der Waals surface area contributed by atoms with Gasteiger partial charge in [0.25, 0.3) is 5.91 Å². The zero-order chi connectivity index (χ0) is 31.2. The maximum Gasteiger partial charge on any atom is 0.271 e. The summed E-state index contributed by atoms with van der Waals surface area (Å²) in [6, 6.07) is 6.66. The molecule has 0 aliphatic rings. The second kappa shape index (κ2) is 16.9. The third-order valence-electron chi connectivity index (χ3n) is 6.60. The molecule has 1 aromatic carbocycles. The Morgan fingerprint density at radius 1 is 1.10 bits per heavy atom. The summed E-state index contributed by atoms with van der Waals surface area (Å²) >= 11 is 0. The van der Waals surface area contributed by atoms with Gasteiger partial charge in [0.15, 0.2) is 17.3 Å². The number of ether oxygens (including phenoxy) is 1. The van der Waals surface area contributed by atoms with Crippen molar-refractivity contribution in [3.63, 3.8) is 0 Å². The van der Waals surface area contributed by atoms with Gasteiger partial charge in [-0.3, -0.25) is 14.4 Å². The van der Waals surface area contributed by atoms with Crippen molar-refractivity contribution in [2.45, 2.75) is 46.6 Å². The number of aryl methyl sites for hydroxylation is 1. The number of rotatable bonds is 17. The molecule has 0 bridgehead atoms. The summed E-state index contributed by atoms with van der Waals surface area (Å²) in [6.07, 6.45) is 4.43. The van der Waals surface area contributed by atoms with Crippen LogP contribution in [0.3, 0.4) is 0 Å². The van der Waals surface area contributed by atoms with Gasteiger partial charge in [0, 0.05) is 51.1 Å². The van der Waals surface area contributed by atoms with Crippen molar-refractivity contribution < 1.29 is 19.1 Å². The average molecular weight is 583 g/mol. The zero-order valence-corrected chi connectivity index (χ0v) is 25.9. The van der Waals surface area contributed by atoms with E-state index in [0.29, 0.717) is 49.7 Å². The van der Waals surface area contributed by atoms with E-state index in [4.69, 9.17) is 15.5 Å². The third kappa shape index (κ3) is 10.0. The van der Waals surface area contributed by atoms with E-state index in [1.54, 1.807) is 26.1 Å². The van der Waals surface area contributed by atoms with Gasteiger partial charge < -0.3 is 35.8 Å². The summed E-state index contributed by atoms with van der Waals surface area (Å²) in [4.78, 5) is 51.7. The second-order valence-electron chi connectivity index (χ2n) is 10.0. The Balaban J connectivity index is 1.96. The van der Waals surface area contributed by atoms with Gasteiger partial charge in [0.1, 0.15) is 11.8 Å². The number of carbonyl (C=O) groups is 3. The van der Waals surface area contributed by atoms with Crippen LogP contribution in [-0.2, 0) is 16.0 Å². The maximum atomic E-state index is 12.5. The van der Waals surface area contributed by atoms with Gasteiger partial charge in [-0.25, -0.2) is 9.97 Å². The molecular formula is C30H46N8O4. The number of primary amides is 1. The Labute approximate surface area is 249 Å². The summed E-state index contributed by atoms with van der Waals surface area (Å²) in [5.41, 5.74) is 7.09. The van der Waals surface area contributed by atoms with Crippen LogP contribution in [-0.4, -0.2) is 97.5 Å². The largest absolute Gasteiger partial charge is 0.493 e. The minimum Gasteiger partial charge on any atom is -0.493 e. The molecule has 42 heavy (non-hydrogen) atoms. The predicted octanol–water partition coefficient (Wildman–Crippen LogP) is 2.58. The number of nitrogens with zero attached hydrogens (tertiary/aromatic N) is 5. The lowest BCUT2D eigenvalue weighted by atomic mass is 10.2. The van der Waals surface area contributed by atoms with Gasteiger partial charge in [-0.1, -0.05) is 19.1 Å². The van der Waals surface area contributed by atoms with E-state index < -0.39 is 11.9 Å². The molecule has 0 spiro atoms. The highest BCUT2D eigenvalue weighted by molar-refractivity contribution is 5.96. The molecule has 4 N–H and O–H groups in total. The minimum atomic E-state index is -0.661. The van der Waals surface area contributed by atoms with E-state index in [2.05, 4.69) is 20.5 Å². The highest BCUT2D eigenvalue weighted by Crippen LogP contribution is 2.26. The topological polar surface area (TPSA) is 146 Å². The maximum absolute atomic E-state index is 12.5. The summed E-state index contributed by atoms with van der Waals surface area (Å²) < 4.78 is 5.88. The molecule has 3 amide bonds. The van der Waals surface area contributed by atoms with Gasteiger partial charge in [-0.2, -0.15) is 0 Å². The molecule has 1 atom stereocenters. The first-order valence-electron chi connectivity index (χ1n) is 14.3. The van der Waals surface area contributed by atoms with Gasteiger partial charge in [0.05, 0.1) is 12.3 Å². The van der Waals surface area contributed by atoms with Gasteiger partial charge in [0.2, 0.25) is 11.8 Å². The molecule has 12 nitrogen and oxygen atoms in total. The number of carbonyl (C=O) groups excluding carboxylic acids is 3. The summed E-state index contributed by atoms with van der Waals surface area (Å²) in [5.74, 6) is 0.490. The van der Waals surface area contributed by atoms with E-state index in [0.717, 1.165) is 18.9 Å². The first kappa shape index (κ1) is 34.0. The highest BCUT2D eigenvalue weighted by Gasteiger charge is 2.21. The highest BCUT2D eigenvalue weighted by atomic mass is 16.5. The van der Waals surface area contributed by atoms with E-state index in [1.165, 1.54) is 11.0 Å². The Kier molecular flexibility index (Phi) is 13.7. The molecule has 1 heterocycles. The molecule has 0 saturated heterocycles. The number of hydrogen-bond acceptors (Lipinski definition) is 9. The van der Waals surface area contributed by atoms with Crippen LogP contribution in [0.2, 0.25) is 0 Å². The van der Waals surface area contributed by atoms with Crippen LogP contribution in [0.25, 0.3) is 0 Å². The Morgan fingerprint density at radius 3 is 2.43 bits per heavy atom. The smallest absolute Gasteiger partial charge is 0.271 e. The zero-order valence-electron chi connectivity index (χ0n) is 25.9. The van der Waals surface area contributed by atoms with Crippen molar-refractivity contribution in [2.75, 3.05) is 64.1 Å². The average Bonchev–Trinajstić information content (AvgIpc) is 2.96. The second-order valence-corrected chi connectivity index (χ2v) is 10.0. The van der Waals surface area contributed by atoms with Crippen molar-refractivity contribution >= 4 is 35.0 Å². The Bertz CT molecular complexity index is 1230. The molecular weight excluding hydrogens is 536 g/mol. The molecule has 0 radical (unpaired) electrons. The van der Waals surface area contributed by atoms with Gasteiger partial charge in [-0.15, -0.1) is 0 Å². The van der Waals surface area contributed by atoms with Crippen LogP contribution < -0.4 is 26.0 Å². The van der Waals surface area contributed by atoms with Crippen LogP contribution in [0, 0.1) is 0 Å². The van der Waals surface area contributed by atoms with Gasteiger partial charge in [-0.05, 0) is 59.8 Å². The number of likely N-dealkylation sites (N-methyl/N-ethyl adjacent to an activating group) is 2. The minimum absolute atomic E-state index is 0.0796. The molecule has 2 aromatic rings. The molecule has 1 aromatic heterocycles. The standard InChI is InChI=1S/C30H46N8O4/c1-8-24-29(38(9-2)10-3)35-28(26(34-24)27(31)40)33-22-14-11-15-23(20-22)42-19-13-17-32-30(41)21(4)37(7)25(39)16-12-18-36(5)6/h11-12,14-16,20-21H,8-10,13,17-19H2,1-7H3,(H2,31,40)(H,32,41)(H,33,35)/b16-12+/t21-/m0/s1. The van der Waals surface area contributed by atoms with E-state index >= 15 is 0 Å². The van der Waals surface area contributed by atoms with Crippen LogP contribution in [0.5, 0.6) is 5.75 Å². The predicted molar refractivity (Wildman–Crippen MR) is 166 cm³/mol. The number of nitrogens with two attached hydrogens (primary N) is 1. The number of aromatic nitrogens is 2. The van der Waals surface area contributed by atoms with Crippen LogP contribution in [0.1, 0.15) is 50.3 Å². The lowest BCUT2D eigenvalue weighted by Gasteiger charge is -2.23. The molecule has 230 valence electrons. The fourth-order valence-corrected chi connectivity index (χ4v) is 4.00. The SMILES string of the molecule is CCc1nc(C(N)=O)c(Nc2cccc(OCCCNC(=O)[C@H](C)N(C)C(=O)/C=C/CN(C)C)c2)nc1N(CC)CC. The fourth-order valence-electron chi connectivity index (χ4n) is 4.00. The summed E-state index contributed by atoms with van der Waals surface area (Å²) in [5, 5.41) is 6.03. The normalized spacial score (nSPS) is 11.8. The van der Waals surface area contributed by atoms with E-state index in [1.807, 2.05) is 58.0 Å². The molecule has 0 aliphatic heterocycles. The third-order valence-corrected chi connectivity index (χ3v) is 6.60.